The van der Waals surface area contributed by atoms with Gasteiger partial charge in [-0.2, -0.15) is 0 Å². The van der Waals surface area contributed by atoms with Crippen LogP contribution in [-0.2, 0) is 11.3 Å². The minimum Gasteiger partial charge on any atom is -0.352 e. The fourth-order valence-corrected chi connectivity index (χ4v) is 2.83. The van der Waals surface area contributed by atoms with Gasteiger partial charge in [0.05, 0.1) is 17.3 Å². The predicted octanol–water partition coefficient (Wildman–Crippen LogP) is 3.47. The molecule has 140 valence electrons. The number of imidazole rings is 1. The van der Waals surface area contributed by atoms with E-state index in [0.717, 1.165) is 11.3 Å². The van der Waals surface area contributed by atoms with Crippen LogP contribution in [0.3, 0.4) is 0 Å². The first-order chi connectivity index (χ1) is 13.0. The number of amides is 2. The largest absolute Gasteiger partial charge is 0.352 e. The number of aromatic nitrogens is 2. The van der Waals surface area contributed by atoms with Crippen molar-refractivity contribution in [1.29, 1.82) is 0 Å². The van der Waals surface area contributed by atoms with E-state index < -0.39 is 0 Å². The third kappa shape index (κ3) is 5.45. The zero-order valence-electron chi connectivity index (χ0n) is 14.4. The van der Waals surface area contributed by atoms with Gasteiger partial charge in [0.15, 0.2) is 0 Å². The molecule has 0 aliphatic carbocycles. The summed E-state index contributed by atoms with van der Waals surface area (Å²) in [6.45, 7) is 0.761. The van der Waals surface area contributed by atoms with Crippen LogP contribution in [0, 0.1) is 0 Å². The van der Waals surface area contributed by atoms with Crippen molar-refractivity contribution in [3.05, 3.63) is 70.1 Å². The number of hydrogen-bond acceptors (Lipinski definition) is 3. The number of halogens is 2. The molecule has 0 aliphatic heterocycles. The van der Waals surface area contributed by atoms with Crippen molar-refractivity contribution in [3.63, 3.8) is 0 Å². The number of nitrogens with zero attached hydrogens (tertiary/aromatic N) is 2. The fraction of sp³-hybridized carbons (Fsp3) is 0.211. The van der Waals surface area contributed by atoms with Gasteiger partial charge in [0.1, 0.15) is 5.65 Å². The van der Waals surface area contributed by atoms with Crippen molar-refractivity contribution in [1.82, 2.24) is 20.0 Å². The average Bonchev–Trinajstić information content (AvgIpc) is 3.06. The van der Waals surface area contributed by atoms with Crippen molar-refractivity contribution in [2.75, 3.05) is 6.54 Å². The molecular weight excluding hydrogens is 387 g/mol. The molecule has 0 saturated carbocycles. The summed E-state index contributed by atoms with van der Waals surface area (Å²) >= 11 is 11.7. The molecule has 3 rings (SSSR count). The van der Waals surface area contributed by atoms with Gasteiger partial charge >= 0.3 is 0 Å². The van der Waals surface area contributed by atoms with Gasteiger partial charge in [-0.3, -0.25) is 9.59 Å². The highest BCUT2D eigenvalue weighted by molar-refractivity contribution is 6.30. The van der Waals surface area contributed by atoms with Crippen LogP contribution in [0.15, 0.2) is 48.8 Å². The Bertz CT molecular complexity index is 954. The molecule has 0 bridgehead atoms. The zero-order chi connectivity index (χ0) is 19.2. The standard InChI is InChI=1S/C19H18Cl2N4O2/c20-14-5-3-13(4-6-14)19(27)22-9-1-2-18(26)23-10-16-12-25-11-15(21)7-8-17(25)24-16/h3-8,11-12H,1-2,9-10H2,(H,22,27)(H,23,26). The van der Waals surface area contributed by atoms with Crippen molar-refractivity contribution in [2.24, 2.45) is 0 Å². The SMILES string of the molecule is O=C(CCCNC(=O)c1ccc(Cl)cc1)NCc1cn2cc(Cl)ccc2n1. The summed E-state index contributed by atoms with van der Waals surface area (Å²) in [5.74, 6) is -0.277. The van der Waals surface area contributed by atoms with E-state index in [9.17, 15) is 9.59 Å². The Balaban J connectivity index is 1.38. The van der Waals surface area contributed by atoms with E-state index in [4.69, 9.17) is 23.2 Å². The summed E-state index contributed by atoms with van der Waals surface area (Å²) in [4.78, 5) is 28.3. The van der Waals surface area contributed by atoms with Crippen molar-refractivity contribution in [3.8, 4) is 0 Å². The van der Waals surface area contributed by atoms with Crippen LogP contribution in [0.25, 0.3) is 5.65 Å². The second-order valence-electron chi connectivity index (χ2n) is 5.99. The summed E-state index contributed by atoms with van der Waals surface area (Å²) in [5, 5.41) is 6.81. The molecule has 2 N–H and O–H groups in total. The highest BCUT2D eigenvalue weighted by Crippen LogP contribution is 2.12. The Morgan fingerprint density at radius 1 is 0.963 bits per heavy atom. The third-order valence-electron chi connectivity index (χ3n) is 3.90. The van der Waals surface area contributed by atoms with Crippen LogP contribution < -0.4 is 10.6 Å². The van der Waals surface area contributed by atoms with E-state index >= 15 is 0 Å². The monoisotopic (exact) mass is 404 g/mol. The molecule has 2 heterocycles. The highest BCUT2D eigenvalue weighted by Gasteiger charge is 2.07. The van der Waals surface area contributed by atoms with Gasteiger partial charge in [-0.05, 0) is 42.8 Å². The number of nitrogens with one attached hydrogen (secondary N) is 2. The maximum absolute atomic E-state index is 11.9. The maximum Gasteiger partial charge on any atom is 0.251 e. The van der Waals surface area contributed by atoms with Crippen molar-refractivity contribution < 1.29 is 9.59 Å². The molecule has 27 heavy (non-hydrogen) atoms. The number of hydrogen-bond donors (Lipinski definition) is 2. The number of carbonyl (C=O) groups is 2. The lowest BCUT2D eigenvalue weighted by atomic mass is 10.2. The lowest BCUT2D eigenvalue weighted by Crippen LogP contribution is -2.27. The van der Waals surface area contributed by atoms with Gasteiger partial charge in [0.2, 0.25) is 5.91 Å². The van der Waals surface area contributed by atoms with E-state index in [1.54, 1.807) is 36.5 Å². The van der Waals surface area contributed by atoms with E-state index in [-0.39, 0.29) is 11.8 Å². The maximum atomic E-state index is 11.9. The molecule has 3 aromatic rings. The zero-order valence-corrected chi connectivity index (χ0v) is 15.9. The Kier molecular flexibility index (Phi) is 6.32. The lowest BCUT2D eigenvalue weighted by Gasteiger charge is -2.06. The van der Waals surface area contributed by atoms with Gasteiger partial charge in [0, 0.05) is 35.9 Å². The van der Waals surface area contributed by atoms with E-state index in [1.807, 2.05) is 16.7 Å². The normalized spacial score (nSPS) is 10.7. The molecule has 0 unspecified atom stereocenters. The lowest BCUT2D eigenvalue weighted by molar-refractivity contribution is -0.121. The summed E-state index contributed by atoms with van der Waals surface area (Å²) in [6.07, 6.45) is 4.46. The Labute approximate surface area is 166 Å². The molecule has 0 fully saturated rings. The summed E-state index contributed by atoms with van der Waals surface area (Å²) in [6, 6.07) is 10.2. The number of fused-ring (bicyclic) bond motifs is 1. The van der Waals surface area contributed by atoms with Crippen molar-refractivity contribution in [2.45, 2.75) is 19.4 Å². The second kappa shape index (κ2) is 8.88. The Morgan fingerprint density at radius 3 is 2.48 bits per heavy atom. The summed E-state index contributed by atoms with van der Waals surface area (Å²) in [5.41, 5.74) is 2.06. The van der Waals surface area contributed by atoms with Crippen LogP contribution in [0.2, 0.25) is 10.0 Å². The first kappa shape index (κ1) is 19.2. The highest BCUT2D eigenvalue weighted by atomic mass is 35.5. The number of carbonyl (C=O) groups excluding carboxylic acids is 2. The van der Waals surface area contributed by atoms with Crippen LogP contribution in [0.5, 0.6) is 0 Å². The first-order valence-corrected chi connectivity index (χ1v) is 9.20. The molecule has 8 heteroatoms. The quantitative estimate of drug-likeness (QED) is 0.591. The van der Waals surface area contributed by atoms with E-state index in [1.165, 1.54) is 0 Å². The van der Waals surface area contributed by atoms with E-state index in [0.29, 0.717) is 41.5 Å². The molecular formula is C19H18Cl2N4O2. The van der Waals surface area contributed by atoms with Crippen molar-refractivity contribution >= 4 is 40.7 Å². The average molecular weight is 405 g/mol. The van der Waals surface area contributed by atoms with Crippen LogP contribution in [0.4, 0.5) is 0 Å². The molecule has 2 amide bonds. The number of rotatable bonds is 7. The van der Waals surface area contributed by atoms with Crippen LogP contribution in [-0.4, -0.2) is 27.7 Å². The third-order valence-corrected chi connectivity index (χ3v) is 4.38. The topological polar surface area (TPSA) is 75.5 Å². The number of pyridine rings is 1. The molecule has 6 nitrogen and oxygen atoms in total. The molecule has 0 aliphatic rings. The molecule has 0 saturated heterocycles. The molecule has 0 spiro atoms. The minimum atomic E-state index is -0.185. The van der Waals surface area contributed by atoms with Gasteiger partial charge < -0.3 is 15.0 Å². The van der Waals surface area contributed by atoms with Gasteiger partial charge in [-0.25, -0.2) is 4.98 Å². The summed E-state index contributed by atoms with van der Waals surface area (Å²) < 4.78 is 1.82. The van der Waals surface area contributed by atoms with Crippen LogP contribution >= 0.6 is 23.2 Å². The van der Waals surface area contributed by atoms with Crippen LogP contribution in [0.1, 0.15) is 28.9 Å². The van der Waals surface area contributed by atoms with Gasteiger partial charge in [0.25, 0.3) is 5.91 Å². The van der Waals surface area contributed by atoms with E-state index in [2.05, 4.69) is 15.6 Å². The molecule has 0 atom stereocenters. The first-order valence-electron chi connectivity index (χ1n) is 8.45. The van der Waals surface area contributed by atoms with Gasteiger partial charge in [-0.15, -0.1) is 0 Å². The molecule has 1 aromatic carbocycles. The summed E-state index contributed by atoms with van der Waals surface area (Å²) in [7, 11) is 0. The van der Waals surface area contributed by atoms with Gasteiger partial charge in [-0.1, -0.05) is 23.2 Å². The molecule has 2 aromatic heterocycles. The number of benzene rings is 1. The predicted molar refractivity (Wildman–Crippen MR) is 105 cm³/mol. The Morgan fingerprint density at radius 2 is 1.70 bits per heavy atom. The minimum absolute atomic E-state index is 0.0918. The second-order valence-corrected chi connectivity index (χ2v) is 6.86. The fourth-order valence-electron chi connectivity index (χ4n) is 2.53. The smallest absolute Gasteiger partial charge is 0.251 e. The molecule has 0 radical (unpaired) electrons. The Hall–Kier alpha value is -2.57.